The van der Waals surface area contributed by atoms with Gasteiger partial charge in [0.05, 0.1) is 5.56 Å². The normalized spacial score (nSPS) is 11.7. The monoisotopic (exact) mass is 410 g/mol. The maximum Gasteiger partial charge on any atom is 0.306 e. The molecule has 0 aliphatic heterocycles. The average molecular weight is 410 g/mol. The summed E-state index contributed by atoms with van der Waals surface area (Å²) in [6.07, 6.45) is 7.02. The first-order valence-electron chi connectivity index (χ1n) is 9.39. The van der Waals surface area contributed by atoms with E-state index in [0.29, 0.717) is 5.70 Å². The molecule has 9 heteroatoms. The van der Waals surface area contributed by atoms with Crippen LogP contribution in [0.2, 0.25) is 0 Å². The summed E-state index contributed by atoms with van der Waals surface area (Å²) in [7, 11) is 1.43. The molecule has 6 nitrogen and oxygen atoms in total. The van der Waals surface area contributed by atoms with Crippen LogP contribution in [0.5, 0.6) is 0 Å². The van der Waals surface area contributed by atoms with Crippen LogP contribution in [-0.2, 0) is 5.92 Å². The minimum atomic E-state index is -3.65. The number of hydrogen-bond donors (Lipinski definition) is 2. The van der Waals surface area contributed by atoms with Crippen LogP contribution >= 0.6 is 0 Å². The fourth-order valence-corrected chi connectivity index (χ4v) is 2.04. The van der Waals surface area contributed by atoms with Crippen molar-refractivity contribution in [2.45, 2.75) is 47.0 Å². The van der Waals surface area contributed by atoms with Crippen molar-refractivity contribution in [2.24, 2.45) is 5.92 Å². The highest BCUT2D eigenvalue weighted by Crippen LogP contribution is 2.33. The molecule has 2 heterocycles. The number of halogens is 3. The molecule has 2 aromatic heterocycles. The lowest BCUT2D eigenvalue weighted by Gasteiger charge is -2.17. The summed E-state index contributed by atoms with van der Waals surface area (Å²) in [5, 5.41) is 5.47. The van der Waals surface area contributed by atoms with E-state index in [1.807, 2.05) is 6.92 Å². The smallest absolute Gasteiger partial charge is 0.306 e. The van der Waals surface area contributed by atoms with Crippen molar-refractivity contribution in [3.05, 3.63) is 41.6 Å². The largest absolute Gasteiger partial charge is 0.373 e. The molecule has 0 aromatic carbocycles. The minimum absolute atomic E-state index is 0.0918. The Morgan fingerprint density at radius 3 is 2.38 bits per heavy atom. The van der Waals surface area contributed by atoms with Gasteiger partial charge in [-0.05, 0) is 19.8 Å². The van der Waals surface area contributed by atoms with Crippen LogP contribution in [0.15, 0.2) is 24.8 Å². The van der Waals surface area contributed by atoms with Crippen LogP contribution in [0.3, 0.4) is 0 Å². The van der Waals surface area contributed by atoms with E-state index in [2.05, 4.69) is 51.3 Å². The number of hydrogen-bond acceptors (Lipinski definition) is 6. The van der Waals surface area contributed by atoms with E-state index in [0.717, 1.165) is 23.4 Å². The Morgan fingerprint density at radius 2 is 1.90 bits per heavy atom. The summed E-state index contributed by atoms with van der Waals surface area (Å²) in [6, 6.07) is 0. The molecule has 0 radical (unpaired) electrons. The number of anilines is 2. The molecule has 160 valence electrons. The maximum atomic E-state index is 13.6. The first-order chi connectivity index (χ1) is 13.7. The van der Waals surface area contributed by atoms with Crippen molar-refractivity contribution in [3.8, 4) is 0 Å². The van der Waals surface area contributed by atoms with Gasteiger partial charge in [0.1, 0.15) is 12.1 Å². The number of rotatable bonds is 7. The van der Waals surface area contributed by atoms with Gasteiger partial charge in [-0.25, -0.2) is 19.3 Å². The highest BCUT2D eigenvalue weighted by atomic mass is 19.3. The molecule has 29 heavy (non-hydrogen) atoms. The van der Waals surface area contributed by atoms with E-state index in [1.165, 1.54) is 19.8 Å². The SMILES string of the molecule is C/C=C(/Nc1ncc(C(F)(F)CF)c(NC)n1)c1cncnc1C.CCC(C)C. The van der Waals surface area contributed by atoms with E-state index in [1.54, 1.807) is 19.2 Å². The molecule has 0 unspecified atom stereocenters. The Balaban J connectivity index is 0.000000749. The average Bonchev–Trinajstić information content (AvgIpc) is 2.72. The van der Waals surface area contributed by atoms with E-state index in [4.69, 9.17) is 0 Å². The zero-order valence-electron chi connectivity index (χ0n) is 17.7. The number of nitrogens with zero attached hydrogens (tertiary/aromatic N) is 4. The van der Waals surface area contributed by atoms with Gasteiger partial charge in [0, 0.05) is 36.4 Å². The number of aryl methyl sites for hydroxylation is 1. The van der Waals surface area contributed by atoms with Crippen LogP contribution in [0.4, 0.5) is 24.9 Å². The maximum absolute atomic E-state index is 13.6. The van der Waals surface area contributed by atoms with Gasteiger partial charge in [0.15, 0.2) is 6.67 Å². The van der Waals surface area contributed by atoms with Gasteiger partial charge in [-0.3, -0.25) is 0 Å². The van der Waals surface area contributed by atoms with E-state index >= 15 is 0 Å². The van der Waals surface area contributed by atoms with Crippen molar-refractivity contribution < 1.29 is 13.2 Å². The van der Waals surface area contributed by atoms with Gasteiger partial charge in [-0.1, -0.05) is 33.3 Å². The van der Waals surface area contributed by atoms with Gasteiger partial charge in [-0.2, -0.15) is 13.8 Å². The van der Waals surface area contributed by atoms with Crippen molar-refractivity contribution in [2.75, 3.05) is 24.4 Å². The lowest BCUT2D eigenvalue weighted by Crippen LogP contribution is -2.20. The van der Waals surface area contributed by atoms with Gasteiger partial charge in [-0.15, -0.1) is 0 Å². The van der Waals surface area contributed by atoms with Crippen molar-refractivity contribution in [1.29, 1.82) is 0 Å². The number of allylic oxidation sites excluding steroid dienone is 1. The van der Waals surface area contributed by atoms with Crippen molar-refractivity contribution >= 4 is 17.5 Å². The second-order valence-corrected chi connectivity index (χ2v) is 6.70. The topological polar surface area (TPSA) is 75.6 Å². The Hall–Kier alpha value is -2.71. The molecule has 0 fully saturated rings. The minimum Gasteiger partial charge on any atom is -0.373 e. The molecular formula is C20H29F3N6. The van der Waals surface area contributed by atoms with Crippen molar-refractivity contribution in [1.82, 2.24) is 19.9 Å². The third-order valence-electron chi connectivity index (χ3n) is 4.14. The second-order valence-electron chi connectivity index (χ2n) is 6.70. The predicted molar refractivity (Wildman–Crippen MR) is 111 cm³/mol. The fourth-order valence-electron chi connectivity index (χ4n) is 2.04. The molecular weight excluding hydrogens is 381 g/mol. The zero-order valence-corrected chi connectivity index (χ0v) is 17.7. The van der Waals surface area contributed by atoms with Gasteiger partial charge in [0.2, 0.25) is 5.95 Å². The van der Waals surface area contributed by atoms with E-state index in [-0.39, 0.29) is 11.8 Å². The zero-order chi connectivity index (χ0) is 22.0. The molecule has 0 saturated heterocycles. The van der Waals surface area contributed by atoms with Crippen LogP contribution < -0.4 is 10.6 Å². The summed E-state index contributed by atoms with van der Waals surface area (Å²) >= 11 is 0. The Bertz CT molecular complexity index is 809. The van der Waals surface area contributed by atoms with Gasteiger partial charge < -0.3 is 10.6 Å². The second kappa shape index (κ2) is 11.3. The quantitative estimate of drug-likeness (QED) is 0.653. The van der Waals surface area contributed by atoms with Gasteiger partial charge in [0.25, 0.3) is 0 Å². The summed E-state index contributed by atoms with van der Waals surface area (Å²) in [5.41, 5.74) is 1.49. The molecule has 2 rings (SSSR count). The predicted octanol–water partition coefficient (Wildman–Crippen LogP) is 5.20. The Kier molecular flexibility index (Phi) is 9.50. The molecule has 2 N–H and O–H groups in total. The lowest BCUT2D eigenvalue weighted by molar-refractivity contribution is -0.0279. The highest BCUT2D eigenvalue weighted by Gasteiger charge is 2.35. The van der Waals surface area contributed by atoms with Crippen LogP contribution in [0.1, 0.15) is 50.9 Å². The molecule has 0 aliphatic rings. The summed E-state index contributed by atoms with van der Waals surface area (Å²) in [6.45, 7) is 8.43. The highest BCUT2D eigenvalue weighted by molar-refractivity contribution is 5.75. The Morgan fingerprint density at radius 1 is 1.24 bits per heavy atom. The Labute approximate surface area is 170 Å². The van der Waals surface area contributed by atoms with E-state index in [9.17, 15) is 13.2 Å². The summed E-state index contributed by atoms with van der Waals surface area (Å²) < 4.78 is 39.7. The molecule has 0 saturated carbocycles. The molecule has 2 aromatic rings. The van der Waals surface area contributed by atoms with E-state index < -0.39 is 18.2 Å². The van der Waals surface area contributed by atoms with Crippen LogP contribution in [0, 0.1) is 12.8 Å². The lowest BCUT2D eigenvalue weighted by atomic mass is 10.1. The van der Waals surface area contributed by atoms with Crippen LogP contribution in [-0.4, -0.2) is 33.7 Å². The summed E-state index contributed by atoms with van der Waals surface area (Å²) in [4.78, 5) is 15.9. The number of nitrogens with one attached hydrogen (secondary N) is 2. The fraction of sp³-hybridized carbons (Fsp3) is 0.500. The first-order valence-corrected chi connectivity index (χ1v) is 9.39. The number of alkyl halides is 3. The van der Waals surface area contributed by atoms with Crippen LogP contribution in [0.25, 0.3) is 5.70 Å². The molecule has 0 bridgehead atoms. The molecule has 0 spiro atoms. The third-order valence-corrected chi connectivity index (χ3v) is 4.14. The standard InChI is InChI=1S/C15H17F3N6.C5H12/c1-4-12(10-5-20-8-22-9(10)2)23-14-21-6-11(13(19-3)24-14)15(17,18)7-16;1-4-5(2)3/h4-6,8H,7H2,1-3H3,(H2,19,21,23,24);5H,4H2,1-3H3/b12-4+;. The van der Waals surface area contributed by atoms with Crippen molar-refractivity contribution in [3.63, 3.8) is 0 Å². The number of aromatic nitrogens is 4. The summed E-state index contributed by atoms with van der Waals surface area (Å²) in [5.74, 6) is -2.82. The molecule has 0 atom stereocenters. The third kappa shape index (κ3) is 6.99. The molecule has 0 amide bonds. The first kappa shape index (κ1) is 24.3. The van der Waals surface area contributed by atoms with Gasteiger partial charge >= 0.3 is 5.92 Å². The molecule has 0 aliphatic carbocycles.